The van der Waals surface area contributed by atoms with E-state index in [9.17, 15) is 4.79 Å². The molecule has 2 heterocycles. The van der Waals surface area contributed by atoms with Gasteiger partial charge in [0.25, 0.3) is 11.8 Å². The van der Waals surface area contributed by atoms with Crippen LogP contribution in [0, 0.1) is 6.92 Å². The topological polar surface area (TPSA) is 96.7 Å². The Labute approximate surface area is 143 Å². The summed E-state index contributed by atoms with van der Waals surface area (Å²) in [6, 6.07) is 9.02. The highest BCUT2D eigenvalue weighted by Gasteiger charge is 2.20. The fraction of sp³-hybridized carbons (Fsp3) is 0.250. The number of aryl methyl sites for hydroxylation is 1. The minimum atomic E-state index is -0.142. The van der Waals surface area contributed by atoms with Crippen LogP contribution in [0.25, 0.3) is 11.6 Å². The Morgan fingerprint density at radius 2 is 2.12 bits per heavy atom. The van der Waals surface area contributed by atoms with Crippen molar-refractivity contribution in [2.45, 2.75) is 19.8 Å². The number of nitrogens with one attached hydrogen (secondary N) is 2. The fourth-order valence-corrected chi connectivity index (χ4v) is 2.28. The molecule has 0 saturated heterocycles. The highest BCUT2D eigenvalue weighted by Crippen LogP contribution is 2.27. The van der Waals surface area contributed by atoms with Crippen LogP contribution in [0.15, 0.2) is 34.9 Å². The SMILES string of the molecule is Cc1[nH]nc(-c2nc(C(C)CNC(=O)c3ccccc3)no2)c1Cl. The minimum Gasteiger partial charge on any atom is -0.351 e. The lowest BCUT2D eigenvalue weighted by Gasteiger charge is -2.08. The fourth-order valence-electron chi connectivity index (χ4n) is 2.12. The van der Waals surface area contributed by atoms with Crippen LogP contribution in [0.5, 0.6) is 0 Å². The van der Waals surface area contributed by atoms with Gasteiger partial charge >= 0.3 is 0 Å². The Bertz CT molecular complexity index is 843. The number of hydrogen-bond donors (Lipinski definition) is 2. The third kappa shape index (κ3) is 3.30. The van der Waals surface area contributed by atoms with E-state index in [1.807, 2.05) is 25.1 Å². The number of carbonyl (C=O) groups is 1. The number of amides is 1. The summed E-state index contributed by atoms with van der Waals surface area (Å²) in [6.07, 6.45) is 0. The van der Waals surface area contributed by atoms with Crippen molar-refractivity contribution < 1.29 is 9.32 Å². The van der Waals surface area contributed by atoms with Gasteiger partial charge in [-0.3, -0.25) is 9.89 Å². The molecule has 2 N–H and O–H groups in total. The van der Waals surface area contributed by atoms with Crippen molar-refractivity contribution in [2.75, 3.05) is 6.54 Å². The molecule has 8 heteroatoms. The number of benzene rings is 1. The van der Waals surface area contributed by atoms with Crippen LogP contribution >= 0.6 is 11.6 Å². The van der Waals surface area contributed by atoms with Gasteiger partial charge in [0.1, 0.15) is 0 Å². The molecule has 2 aromatic heterocycles. The molecule has 1 unspecified atom stereocenters. The Hall–Kier alpha value is -2.67. The summed E-state index contributed by atoms with van der Waals surface area (Å²) < 4.78 is 5.22. The Morgan fingerprint density at radius 1 is 1.38 bits per heavy atom. The molecule has 0 radical (unpaired) electrons. The maximum Gasteiger partial charge on any atom is 0.279 e. The molecule has 24 heavy (non-hydrogen) atoms. The second-order valence-electron chi connectivity index (χ2n) is 5.45. The van der Waals surface area contributed by atoms with Gasteiger partial charge in [0.05, 0.1) is 10.7 Å². The zero-order valence-corrected chi connectivity index (χ0v) is 14.0. The summed E-state index contributed by atoms with van der Waals surface area (Å²) in [5, 5.41) is 14.1. The quantitative estimate of drug-likeness (QED) is 0.741. The first-order valence-corrected chi connectivity index (χ1v) is 7.81. The third-order valence-corrected chi connectivity index (χ3v) is 4.02. The maximum atomic E-state index is 12.0. The zero-order valence-electron chi connectivity index (χ0n) is 13.2. The molecule has 0 bridgehead atoms. The van der Waals surface area contributed by atoms with Crippen LogP contribution < -0.4 is 5.32 Å². The molecule has 1 atom stereocenters. The number of nitrogens with zero attached hydrogens (tertiary/aromatic N) is 3. The largest absolute Gasteiger partial charge is 0.351 e. The predicted octanol–water partition coefficient (Wildman–Crippen LogP) is 2.96. The second kappa shape index (κ2) is 6.84. The predicted molar refractivity (Wildman–Crippen MR) is 88.8 cm³/mol. The van der Waals surface area contributed by atoms with Crippen molar-refractivity contribution >= 4 is 17.5 Å². The second-order valence-corrected chi connectivity index (χ2v) is 5.82. The Balaban J connectivity index is 1.65. The van der Waals surface area contributed by atoms with E-state index in [2.05, 4.69) is 25.7 Å². The lowest BCUT2D eigenvalue weighted by Crippen LogP contribution is -2.27. The van der Waals surface area contributed by atoms with Crippen molar-refractivity contribution in [1.29, 1.82) is 0 Å². The normalized spacial score (nSPS) is 12.1. The number of halogens is 1. The van der Waals surface area contributed by atoms with E-state index in [4.69, 9.17) is 16.1 Å². The van der Waals surface area contributed by atoms with Crippen molar-refractivity contribution in [3.8, 4) is 11.6 Å². The van der Waals surface area contributed by atoms with E-state index >= 15 is 0 Å². The van der Waals surface area contributed by atoms with E-state index in [1.165, 1.54) is 0 Å². The van der Waals surface area contributed by atoms with E-state index in [0.29, 0.717) is 28.6 Å². The highest BCUT2D eigenvalue weighted by atomic mass is 35.5. The molecule has 3 rings (SSSR count). The number of hydrogen-bond acceptors (Lipinski definition) is 5. The van der Waals surface area contributed by atoms with Crippen LogP contribution in [-0.4, -0.2) is 32.8 Å². The van der Waals surface area contributed by atoms with Gasteiger partial charge < -0.3 is 9.84 Å². The summed E-state index contributed by atoms with van der Waals surface area (Å²) in [4.78, 5) is 16.4. The molecule has 124 valence electrons. The summed E-state index contributed by atoms with van der Waals surface area (Å²) in [5.74, 6) is 0.474. The van der Waals surface area contributed by atoms with Crippen LogP contribution in [0.4, 0.5) is 0 Å². The van der Waals surface area contributed by atoms with E-state index in [0.717, 1.165) is 5.69 Å². The van der Waals surface area contributed by atoms with Gasteiger partial charge in [-0.1, -0.05) is 41.9 Å². The number of carbonyl (C=O) groups excluding carboxylic acids is 1. The third-order valence-electron chi connectivity index (χ3n) is 3.56. The summed E-state index contributed by atoms with van der Waals surface area (Å²) in [5.41, 5.74) is 1.76. The van der Waals surface area contributed by atoms with Crippen LogP contribution in [0.2, 0.25) is 5.02 Å². The van der Waals surface area contributed by atoms with Gasteiger partial charge in [0.2, 0.25) is 0 Å². The number of rotatable bonds is 5. The van der Waals surface area contributed by atoms with Crippen LogP contribution in [0.3, 0.4) is 0 Å². The number of aromatic nitrogens is 4. The van der Waals surface area contributed by atoms with Gasteiger partial charge in [0, 0.05) is 18.0 Å². The summed E-state index contributed by atoms with van der Waals surface area (Å²) >= 11 is 6.12. The van der Waals surface area contributed by atoms with Crippen LogP contribution in [0.1, 0.15) is 34.7 Å². The van der Waals surface area contributed by atoms with Gasteiger partial charge in [0.15, 0.2) is 11.5 Å². The van der Waals surface area contributed by atoms with Gasteiger partial charge in [-0.15, -0.1) is 0 Å². The van der Waals surface area contributed by atoms with Gasteiger partial charge in [-0.25, -0.2) is 0 Å². The maximum absolute atomic E-state index is 12.0. The molecule has 0 aliphatic rings. The van der Waals surface area contributed by atoms with E-state index in [-0.39, 0.29) is 17.7 Å². The first-order valence-electron chi connectivity index (χ1n) is 7.44. The lowest BCUT2D eigenvalue weighted by molar-refractivity contribution is 0.0951. The first-order chi connectivity index (χ1) is 11.6. The first kappa shape index (κ1) is 16.2. The molecule has 0 aliphatic heterocycles. The molecule has 7 nitrogen and oxygen atoms in total. The average molecular weight is 346 g/mol. The highest BCUT2D eigenvalue weighted by molar-refractivity contribution is 6.33. The van der Waals surface area contributed by atoms with Gasteiger partial charge in [-0.2, -0.15) is 10.1 Å². The Kier molecular flexibility index (Phi) is 4.61. The van der Waals surface area contributed by atoms with Crippen molar-refractivity contribution in [2.24, 2.45) is 0 Å². The molecule has 3 aromatic rings. The molecule has 1 aromatic carbocycles. The molecule has 0 saturated carbocycles. The Morgan fingerprint density at radius 3 is 2.79 bits per heavy atom. The molecule has 1 amide bonds. The van der Waals surface area contributed by atoms with Crippen molar-refractivity contribution in [1.82, 2.24) is 25.7 Å². The molecule has 0 spiro atoms. The molecule has 0 aliphatic carbocycles. The number of H-pyrrole nitrogens is 1. The number of aromatic amines is 1. The van der Waals surface area contributed by atoms with Crippen LogP contribution in [-0.2, 0) is 0 Å². The minimum absolute atomic E-state index is 0.117. The standard InChI is InChI=1S/C16H16ClN5O2/c1-9(8-18-15(23)11-6-4-3-5-7-11)14-19-16(24-22-14)13-12(17)10(2)20-21-13/h3-7,9H,8H2,1-2H3,(H,18,23)(H,20,21). The summed E-state index contributed by atoms with van der Waals surface area (Å²) in [6.45, 7) is 4.09. The molecular formula is C16H16ClN5O2. The molecule has 0 fully saturated rings. The van der Waals surface area contributed by atoms with E-state index in [1.54, 1.807) is 19.1 Å². The summed E-state index contributed by atoms with van der Waals surface area (Å²) in [7, 11) is 0. The van der Waals surface area contributed by atoms with E-state index < -0.39 is 0 Å². The smallest absolute Gasteiger partial charge is 0.279 e. The zero-order chi connectivity index (χ0) is 17.1. The molecular weight excluding hydrogens is 330 g/mol. The van der Waals surface area contributed by atoms with Crippen molar-refractivity contribution in [3.05, 3.63) is 52.4 Å². The van der Waals surface area contributed by atoms with Crippen molar-refractivity contribution in [3.63, 3.8) is 0 Å². The average Bonchev–Trinajstić information content (AvgIpc) is 3.21. The van der Waals surface area contributed by atoms with Gasteiger partial charge in [-0.05, 0) is 19.1 Å². The lowest BCUT2D eigenvalue weighted by atomic mass is 10.1. The monoisotopic (exact) mass is 345 g/mol.